The quantitative estimate of drug-likeness (QED) is 0.887. The van der Waals surface area contributed by atoms with Crippen molar-refractivity contribution in [3.63, 3.8) is 0 Å². The van der Waals surface area contributed by atoms with Crippen LogP contribution in [0.2, 0.25) is 0 Å². The van der Waals surface area contributed by atoms with Crippen LogP contribution in [0, 0.1) is 5.41 Å². The van der Waals surface area contributed by atoms with Crippen molar-refractivity contribution in [2.45, 2.75) is 46.6 Å². The Balaban J connectivity index is 0.00000225. The predicted molar refractivity (Wildman–Crippen MR) is 66.9 cm³/mol. The van der Waals surface area contributed by atoms with E-state index in [0.29, 0.717) is 6.04 Å². The first-order valence-electron chi connectivity index (χ1n) is 5.39. The molecule has 0 saturated heterocycles. The topological polar surface area (TPSA) is 51.0 Å². The molecule has 1 rings (SSSR count). The van der Waals surface area contributed by atoms with E-state index in [4.69, 9.17) is 4.52 Å². The van der Waals surface area contributed by atoms with Crippen molar-refractivity contribution in [2.75, 3.05) is 7.05 Å². The zero-order valence-corrected chi connectivity index (χ0v) is 11.5. The maximum Gasteiger partial charge on any atom is 0.227 e. The normalized spacial score (nSPS) is 13.3. The molecule has 0 saturated carbocycles. The number of halogens is 1. The lowest BCUT2D eigenvalue weighted by Crippen LogP contribution is -2.24. The minimum absolute atomic E-state index is 0. The summed E-state index contributed by atoms with van der Waals surface area (Å²) >= 11 is 0. The molecule has 1 N–H and O–H groups in total. The molecular formula is C11H22ClN3O. The maximum absolute atomic E-state index is 5.20. The minimum atomic E-state index is 0. The summed E-state index contributed by atoms with van der Waals surface area (Å²) in [6, 6.07) is 0.380. The molecule has 0 spiro atoms. The average Bonchev–Trinajstić information content (AvgIpc) is 2.49. The van der Waals surface area contributed by atoms with Crippen LogP contribution in [0.3, 0.4) is 0 Å². The Bertz CT molecular complexity index is 306. The number of hydrogen-bond acceptors (Lipinski definition) is 4. The molecule has 1 atom stereocenters. The van der Waals surface area contributed by atoms with Gasteiger partial charge in [-0.2, -0.15) is 4.98 Å². The zero-order valence-electron chi connectivity index (χ0n) is 10.7. The summed E-state index contributed by atoms with van der Waals surface area (Å²) in [7, 11) is 1.93. The molecule has 0 amide bonds. The molecule has 0 aromatic carbocycles. The molecule has 4 nitrogen and oxygen atoms in total. The van der Waals surface area contributed by atoms with Crippen molar-refractivity contribution in [2.24, 2.45) is 5.41 Å². The first kappa shape index (κ1) is 15.4. The van der Waals surface area contributed by atoms with Crippen molar-refractivity contribution in [3.8, 4) is 0 Å². The summed E-state index contributed by atoms with van der Waals surface area (Å²) in [6.07, 6.45) is 1.64. The van der Waals surface area contributed by atoms with Crippen LogP contribution in [-0.4, -0.2) is 23.2 Å². The van der Waals surface area contributed by atoms with E-state index in [1.807, 2.05) is 7.05 Å². The standard InChI is InChI=1S/C11H21N3O.ClH/c1-8(12-5)6-9-13-10(15-14-9)7-11(2,3)4;/h8,12H,6-7H2,1-5H3;1H. The van der Waals surface area contributed by atoms with Gasteiger partial charge in [0.25, 0.3) is 0 Å². The fourth-order valence-corrected chi connectivity index (χ4v) is 1.27. The van der Waals surface area contributed by atoms with E-state index >= 15 is 0 Å². The average molecular weight is 248 g/mol. The van der Waals surface area contributed by atoms with Gasteiger partial charge in [-0.1, -0.05) is 25.9 Å². The molecule has 16 heavy (non-hydrogen) atoms. The molecule has 0 radical (unpaired) electrons. The van der Waals surface area contributed by atoms with E-state index < -0.39 is 0 Å². The van der Waals surface area contributed by atoms with Crippen molar-refractivity contribution >= 4 is 12.4 Å². The van der Waals surface area contributed by atoms with Gasteiger partial charge >= 0.3 is 0 Å². The van der Waals surface area contributed by atoms with Crippen molar-refractivity contribution in [3.05, 3.63) is 11.7 Å². The van der Waals surface area contributed by atoms with E-state index in [9.17, 15) is 0 Å². The summed E-state index contributed by atoms with van der Waals surface area (Å²) in [5.74, 6) is 1.52. The highest BCUT2D eigenvalue weighted by Crippen LogP contribution is 2.19. The van der Waals surface area contributed by atoms with Gasteiger partial charge in [0.1, 0.15) is 0 Å². The van der Waals surface area contributed by atoms with Crippen LogP contribution < -0.4 is 5.32 Å². The van der Waals surface area contributed by atoms with Crippen molar-refractivity contribution < 1.29 is 4.52 Å². The molecule has 5 heteroatoms. The van der Waals surface area contributed by atoms with Gasteiger partial charge in [-0.3, -0.25) is 0 Å². The number of likely N-dealkylation sites (N-methyl/N-ethyl adjacent to an activating group) is 1. The first-order valence-corrected chi connectivity index (χ1v) is 5.39. The van der Waals surface area contributed by atoms with E-state index in [-0.39, 0.29) is 17.8 Å². The van der Waals surface area contributed by atoms with Gasteiger partial charge in [-0.15, -0.1) is 12.4 Å². The molecule has 1 heterocycles. The van der Waals surface area contributed by atoms with Gasteiger partial charge in [0.15, 0.2) is 5.82 Å². The molecule has 94 valence electrons. The Morgan fingerprint density at radius 3 is 2.50 bits per heavy atom. The largest absolute Gasteiger partial charge is 0.339 e. The van der Waals surface area contributed by atoms with E-state index in [2.05, 4.69) is 43.2 Å². The van der Waals surface area contributed by atoms with Crippen LogP contribution in [0.25, 0.3) is 0 Å². The molecule has 1 aromatic heterocycles. The SMILES string of the molecule is CNC(C)Cc1noc(CC(C)(C)C)n1.Cl. The van der Waals surface area contributed by atoms with Gasteiger partial charge in [0.05, 0.1) is 0 Å². The van der Waals surface area contributed by atoms with Gasteiger partial charge < -0.3 is 9.84 Å². The van der Waals surface area contributed by atoms with Crippen LogP contribution in [-0.2, 0) is 12.8 Å². The Hall–Kier alpha value is -0.610. The lowest BCUT2D eigenvalue weighted by Gasteiger charge is -2.13. The summed E-state index contributed by atoms with van der Waals surface area (Å²) in [4.78, 5) is 4.37. The molecular weight excluding hydrogens is 226 g/mol. The molecule has 1 aromatic rings. The van der Waals surface area contributed by atoms with Crippen LogP contribution >= 0.6 is 12.4 Å². The summed E-state index contributed by atoms with van der Waals surface area (Å²) < 4.78 is 5.20. The Morgan fingerprint density at radius 1 is 1.38 bits per heavy atom. The second kappa shape index (κ2) is 6.21. The Labute approximate surface area is 104 Å². The number of nitrogens with one attached hydrogen (secondary N) is 1. The van der Waals surface area contributed by atoms with Crippen LogP contribution in [0.5, 0.6) is 0 Å². The smallest absolute Gasteiger partial charge is 0.227 e. The highest BCUT2D eigenvalue weighted by molar-refractivity contribution is 5.85. The molecule has 0 aliphatic rings. The second-order valence-electron chi connectivity index (χ2n) is 5.24. The fraction of sp³-hybridized carbons (Fsp3) is 0.818. The van der Waals surface area contributed by atoms with E-state index in [1.54, 1.807) is 0 Å². The molecule has 0 aliphatic carbocycles. The predicted octanol–water partition coefficient (Wildman–Crippen LogP) is 2.23. The van der Waals surface area contributed by atoms with Crippen LogP contribution in [0.4, 0.5) is 0 Å². The van der Waals surface area contributed by atoms with Gasteiger partial charge in [-0.05, 0) is 19.4 Å². The first-order chi connectivity index (χ1) is 6.90. The maximum atomic E-state index is 5.20. The molecule has 0 bridgehead atoms. The summed E-state index contributed by atoms with van der Waals surface area (Å²) in [6.45, 7) is 8.58. The number of aromatic nitrogens is 2. The van der Waals surface area contributed by atoms with Gasteiger partial charge in [0, 0.05) is 18.9 Å². The number of rotatable bonds is 4. The van der Waals surface area contributed by atoms with E-state index in [1.165, 1.54) is 0 Å². The summed E-state index contributed by atoms with van der Waals surface area (Å²) in [5, 5.41) is 7.11. The van der Waals surface area contributed by atoms with E-state index in [0.717, 1.165) is 24.6 Å². The monoisotopic (exact) mass is 247 g/mol. The van der Waals surface area contributed by atoms with Crippen molar-refractivity contribution in [1.29, 1.82) is 0 Å². The van der Waals surface area contributed by atoms with Crippen LogP contribution in [0.1, 0.15) is 39.4 Å². The highest BCUT2D eigenvalue weighted by Gasteiger charge is 2.17. The molecule has 1 unspecified atom stereocenters. The number of nitrogens with zero attached hydrogens (tertiary/aromatic N) is 2. The lowest BCUT2D eigenvalue weighted by molar-refractivity contribution is 0.311. The van der Waals surface area contributed by atoms with Crippen molar-refractivity contribution in [1.82, 2.24) is 15.5 Å². The van der Waals surface area contributed by atoms with Crippen LogP contribution in [0.15, 0.2) is 4.52 Å². The molecule has 0 aliphatic heterocycles. The number of hydrogen-bond donors (Lipinski definition) is 1. The van der Waals surface area contributed by atoms with Gasteiger partial charge in [0.2, 0.25) is 5.89 Å². The summed E-state index contributed by atoms with van der Waals surface area (Å²) in [5.41, 5.74) is 0.193. The highest BCUT2D eigenvalue weighted by atomic mass is 35.5. The van der Waals surface area contributed by atoms with Gasteiger partial charge in [-0.25, -0.2) is 0 Å². The minimum Gasteiger partial charge on any atom is -0.339 e. The third kappa shape index (κ3) is 5.47. The third-order valence-electron chi connectivity index (χ3n) is 2.17. The lowest BCUT2D eigenvalue weighted by atomic mass is 9.92. The Morgan fingerprint density at radius 2 is 2.00 bits per heavy atom. The zero-order chi connectivity index (χ0) is 11.5. The Kier molecular flexibility index (Phi) is 5.97. The third-order valence-corrected chi connectivity index (χ3v) is 2.17. The fourth-order valence-electron chi connectivity index (χ4n) is 1.27. The second-order valence-corrected chi connectivity index (χ2v) is 5.24. The molecule has 0 fully saturated rings.